The third-order valence-corrected chi connectivity index (χ3v) is 3.60. The highest BCUT2D eigenvalue weighted by Gasteiger charge is 2.32. The van der Waals surface area contributed by atoms with Crippen molar-refractivity contribution < 1.29 is 27.2 Å². The fourth-order valence-corrected chi connectivity index (χ4v) is 2.33. The molecule has 2 aromatic carbocycles. The number of nitrogens with one attached hydrogen (secondary N) is 1. The molecule has 0 aromatic heterocycles. The van der Waals surface area contributed by atoms with Crippen LogP contribution < -0.4 is 5.32 Å². The molecule has 8 heteroatoms. The molecule has 1 aliphatic heterocycles. The van der Waals surface area contributed by atoms with E-state index in [1.807, 2.05) is 0 Å². The van der Waals surface area contributed by atoms with Crippen LogP contribution in [0.5, 0.6) is 0 Å². The molecular formula is C17H12F4N2O2. The number of anilines is 1. The Morgan fingerprint density at radius 3 is 2.56 bits per heavy atom. The van der Waals surface area contributed by atoms with Gasteiger partial charge in [-0.3, -0.25) is 4.79 Å². The lowest BCUT2D eigenvalue weighted by Crippen LogP contribution is -2.28. The fourth-order valence-electron chi connectivity index (χ4n) is 2.33. The van der Waals surface area contributed by atoms with E-state index in [2.05, 4.69) is 10.5 Å². The number of rotatable bonds is 3. The van der Waals surface area contributed by atoms with Crippen molar-refractivity contribution in [1.82, 2.24) is 0 Å². The zero-order chi connectivity index (χ0) is 18.0. The monoisotopic (exact) mass is 352 g/mol. The van der Waals surface area contributed by atoms with Gasteiger partial charge < -0.3 is 10.2 Å². The number of oxime groups is 1. The first kappa shape index (κ1) is 16.9. The van der Waals surface area contributed by atoms with E-state index in [9.17, 15) is 22.4 Å². The minimum absolute atomic E-state index is 0.0126. The molecule has 4 nitrogen and oxygen atoms in total. The van der Waals surface area contributed by atoms with E-state index in [4.69, 9.17) is 4.84 Å². The van der Waals surface area contributed by atoms with Crippen LogP contribution >= 0.6 is 0 Å². The summed E-state index contributed by atoms with van der Waals surface area (Å²) in [6.07, 6.45) is -5.32. The molecule has 0 radical (unpaired) electrons. The van der Waals surface area contributed by atoms with Crippen molar-refractivity contribution in [3.8, 4) is 0 Å². The lowest BCUT2D eigenvalue weighted by Gasteiger charge is -2.12. The number of carbonyl (C=O) groups excluding carboxylic acids is 1. The van der Waals surface area contributed by atoms with Gasteiger partial charge in [-0.25, -0.2) is 4.39 Å². The van der Waals surface area contributed by atoms with Crippen molar-refractivity contribution in [2.75, 3.05) is 5.32 Å². The molecule has 0 saturated carbocycles. The van der Waals surface area contributed by atoms with E-state index in [-0.39, 0.29) is 12.1 Å². The van der Waals surface area contributed by atoms with Gasteiger partial charge in [-0.1, -0.05) is 23.4 Å². The molecule has 1 heterocycles. The van der Waals surface area contributed by atoms with Gasteiger partial charge in [-0.15, -0.1) is 0 Å². The van der Waals surface area contributed by atoms with Gasteiger partial charge in [0.15, 0.2) is 0 Å². The zero-order valence-corrected chi connectivity index (χ0v) is 12.7. The minimum Gasteiger partial charge on any atom is -0.382 e. The van der Waals surface area contributed by atoms with Gasteiger partial charge in [0.25, 0.3) is 5.91 Å². The summed E-state index contributed by atoms with van der Waals surface area (Å²) in [6, 6.07) is 9.83. The second kappa shape index (κ2) is 6.54. The normalized spacial score (nSPS) is 17.0. The Morgan fingerprint density at radius 1 is 1.16 bits per heavy atom. The van der Waals surface area contributed by atoms with Crippen molar-refractivity contribution in [1.29, 1.82) is 0 Å². The molecule has 1 unspecified atom stereocenters. The van der Waals surface area contributed by atoms with Crippen molar-refractivity contribution >= 4 is 17.3 Å². The summed E-state index contributed by atoms with van der Waals surface area (Å²) in [6.45, 7) is 0. The molecule has 0 bridgehead atoms. The highest BCUT2D eigenvalue weighted by Crippen LogP contribution is 2.30. The summed E-state index contributed by atoms with van der Waals surface area (Å²) < 4.78 is 51.0. The Hall–Kier alpha value is -2.90. The Balaban J connectivity index is 1.65. The molecule has 1 amide bonds. The number of hydrogen-bond donors (Lipinski definition) is 1. The maximum absolute atomic E-state index is 12.9. The van der Waals surface area contributed by atoms with Gasteiger partial charge in [0.1, 0.15) is 5.82 Å². The molecule has 1 N–H and O–H groups in total. The predicted octanol–water partition coefficient (Wildman–Crippen LogP) is 3.98. The second-order valence-corrected chi connectivity index (χ2v) is 5.41. The number of hydrogen-bond acceptors (Lipinski definition) is 3. The third kappa shape index (κ3) is 3.96. The first-order chi connectivity index (χ1) is 11.8. The molecule has 130 valence electrons. The Kier molecular flexibility index (Phi) is 4.43. The number of carbonyl (C=O) groups is 1. The van der Waals surface area contributed by atoms with E-state index in [1.54, 1.807) is 0 Å². The summed E-state index contributed by atoms with van der Waals surface area (Å²) in [7, 11) is 0. The third-order valence-electron chi connectivity index (χ3n) is 3.60. The van der Waals surface area contributed by atoms with Crippen LogP contribution in [0, 0.1) is 5.82 Å². The summed E-state index contributed by atoms with van der Waals surface area (Å²) in [5.74, 6) is -1.01. The molecule has 1 atom stereocenters. The smallest absolute Gasteiger partial charge is 0.382 e. The van der Waals surface area contributed by atoms with Crippen LogP contribution in [0.25, 0.3) is 0 Å². The van der Waals surface area contributed by atoms with Gasteiger partial charge in [-0.2, -0.15) is 13.2 Å². The fraction of sp³-hybridized carbons (Fsp3) is 0.176. The van der Waals surface area contributed by atoms with Gasteiger partial charge in [0, 0.05) is 12.1 Å². The van der Waals surface area contributed by atoms with Crippen LogP contribution in [0.4, 0.5) is 23.2 Å². The van der Waals surface area contributed by atoms with Crippen LogP contribution in [-0.4, -0.2) is 17.7 Å². The molecule has 3 rings (SSSR count). The van der Waals surface area contributed by atoms with Crippen LogP contribution in [0.2, 0.25) is 0 Å². The Bertz CT molecular complexity index is 816. The standard InChI is InChI=1S/C17H12F4N2O2/c18-12-6-4-10(5-7-12)14-9-15(25-23-14)16(24)22-13-3-1-2-11(8-13)17(19,20)21/h1-8,15H,9H2,(H,22,24). The van der Waals surface area contributed by atoms with Crippen molar-refractivity contribution in [2.45, 2.75) is 18.7 Å². The van der Waals surface area contributed by atoms with Crippen LogP contribution in [-0.2, 0) is 15.8 Å². The Labute approximate surface area is 140 Å². The minimum atomic E-state index is -4.50. The molecule has 0 fully saturated rings. The van der Waals surface area contributed by atoms with E-state index in [0.717, 1.165) is 12.1 Å². The van der Waals surface area contributed by atoms with Crippen LogP contribution in [0.1, 0.15) is 17.5 Å². The largest absolute Gasteiger partial charge is 0.416 e. The molecule has 1 aliphatic rings. The summed E-state index contributed by atoms with van der Waals surface area (Å²) in [5, 5.41) is 6.17. The van der Waals surface area contributed by atoms with E-state index >= 15 is 0 Å². The van der Waals surface area contributed by atoms with Crippen LogP contribution in [0.15, 0.2) is 53.7 Å². The SMILES string of the molecule is O=C(Nc1cccc(C(F)(F)F)c1)C1CC(c2ccc(F)cc2)=NO1. The molecular weight excluding hydrogens is 340 g/mol. The summed E-state index contributed by atoms with van der Waals surface area (Å²) in [4.78, 5) is 17.2. The van der Waals surface area contributed by atoms with Gasteiger partial charge in [0.2, 0.25) is 6.10 Å². The summed E-state index contributed by atoms with van der Waals surface area (Å²) in [5.41, 5.74) is 0.222. The average Bonchev–Trinajstić information content (AvgIpc) is 3.05. The quantitative estimate of drug-likeness (QED) is 0.850. The maximum Gasteiger partial charge on any atom is 0.416 e. The number of benzene rings is 2. The van der Waals surface area contributed by atoms with Crippen LogP contribution in [0.3, 0.4) is 0 Å². The van der Waals surface area contributed by atoms with E-state index in [1.165, 1.54) is 36.4 Å². The number of amides is 1. The van der Waals surface area contributed by atoms with Crippen molar-refractivity contribution in [2.24, 2.45) is 5.16 Å². The second-order valence-electron chi connectivity index (χ2n) is 5.41. The average molecular weight is 352 g/mol. The first-order valence-corrected chi connectivity index (χ1v) is 7.30. The lowest BCUT2D eigenvalue weighted by molar-refractivity contribution is -0.137. The molecule has 2 aromatic rings. The highest BCUT2D eigenvalue weighted by molar-refractivity contribution is 6.06. The molecule has 0 aliphatic carbocycles. The van der Waals surface area contributed by atoms with E-state index < -0.39 is 29.6 Å². The molecule has 0 spiro atoms. The molecule has 0 saturated heterocycles. The summed E-state index contributed by atoms with van der Waals surface area (Å²) >= 11 is 0. The number of halogens is 4. The number of nitrogens with zero attached hydrogens (tertiary/aromatic N) is 1. The Morgan fingerprint density at radius 2 is 1.88 bits per heavy atom. The van der Waals surface area contributed by atoms with Gasteiger partial charge in [-0.05, 0) is 35.9 Å². The predicted molar refractivity (Wildman–Crippen MR) is 82.5 cm³/mol. The first-order valence-electron chi connectivity index (χ1n) is 7.30. The van der Waals surface area contributed by atoms with E-state index in [0.29, 0.717) is 11.3 Å². The zero-order valence-electron chi connectivity index (χ0n) is 12.7. The van der Waals surface area contributed by atoms with Crippen molar-refractivity contribution in [3.63, 3.8) is 0 Å². The van der Waals surface area contributed by atoms with Gasteiger partial charge >= 0.3 is 6.18 Å². The molecule has 25 heavy (non-hydrogen) atoms. The van der Waals surface area contributed by atoms with Gasteiger partial charge in [0.05, 0.1) is 11.3 Å². The topological polar surface area (TPSA) is 50.7 Å². The number of alkyl halides is 3. The van der Waals surface area contributed by atoms with Crippen molar-refractivity contribution in [3.05, 3.63) is 65.5 Å². The highest BCUT2D eigenvalue weighted by atomic mass is 19.4. The maximum atomic E-state index is 12.9. The lowest BCUT2D eigenvalue weighted by atomic mass is 10.0.